The number of hydrogen-bond acceptors (Lipinski definition) is 5. The molecule has 1 aliphatic carbocycles. The molecule has 0 saturated carbocycles. The Labute approximate surface area is 172 Å². The molecule has 7 nitrogen and oxygen atoms in total. The molecule has 29 heavy (non-hydrogen) atoms. The van der Waals surface area contributed by atoms with Crippen molar-refractivity contribution in [3.8, 4) is 0 Å². The number of carbonyl (C=O) groups is 2. The number of esters is 1. The Morgan fingerprint density at radius 2 is 1.79 bits per heavy atom. The van der Waals surface area contributed by atoms with E-state index in [2.05, 4.69) is 5.32 Å². The molecular weight excluding hydrogens is 392 g/mol. The second-order valence-electron chi connectivity index (χ2n) is 8.22. The molecule has 1 saturated heterocycles. The molecule has 1 aliphatic heterocycles. The summed E-state index contributed by atoms with van der Waals surface area (Å²) in [6, 6.07) is 4.73. The molecule has 1 amide bonds. The number of nitrogens with zero attached hydrogens (tertiary/aromatic N) is 1. The first-order valence-electron chi connectivity index (χ1n) is 10.2. The molecular formula is C21H30N2O5S. The number of ether oxygens (including phenoxy) is 1. The first kappa shape index (κ1) is 21.8. The Bertz CT molecular complexity index is 873. The van der Waals surface area contributed by atoms with E-state index in [1.165, 1.54) is 17.0 Å². The number of methoxy groups -OCH3 is 1. The second-order valence-corrected chi connectivity index (χ2v) is 10.2. The van der Waals surface area contributed by atoms with Crippen molar-refractivity contribution < 1.29 is 22.7 Å². The van der Waals surface area contributed by atoms with E-state index in [-0.39, 0.29) is 17.7 Å². The number of carbonyl (C=O) groups excluding carboxylic acids is 2. The van der Waals surface area contributed by atoms with Crippen LogP contribution in [0.1, 0.15) is 44.2 Å². The lowest BCUT2D eigenvalue weighted by molar-refractivity contribution is -0.147. The van der Waals surface area contributed by atoms with Crippen LogP contribution in [-0.4, -0.2) is 50.8 Å². The van der Waals surface area contributed by atoms with Gasteiger partial charge in [-0.3, -0.25) is 4.79 Å². The van der Waals surface area contributed by atoms with Crippen LogP contribution in [0.15, 0.2) is 23.1 Å². The maximum absolute atomic E-state index is 13.0. The van der Waals surface area contributed by atoms with E-state index >= 15 is 0 Å². The van der Waals surface area contributed by atoms with Crippen molar-refractivity contribution in [2.45, 2.75) is 56.9 Å². The number of aryl methyl sites for hydroxylation is 2. The summed E-state index contributed by atoms with van der Waals surface area (Å²) >= 11 is 0. The van der Waals surface area contributed by atoms with Crippen LogP contribution in [0.3, 0.4) is 0 Å². The molecule has 1 aromatic carbocycles. The number of piperidine rings is 1. The summed E-state index contributed by atoms with van der Waals surface area (Å²) in [4.78, 5) is 24.8. The van der Waals surface area contributed by atoms with Crippen molar-refractivity contribution in [3.63, 3.8) is 0 Å². The lowest BCUT2D eigenvalue weighted by Crippen LogP contribution is -2.49. The topological polar surface area (TPSA) is 92.8 Å². The summed E-state index contributed by atoms with van der Waals surface area (Å²) in [6.45, 7) is 4.27. The minimum Gasteiger partial charge on any atom is -0.467 e. The number of sulfonamides is 1. The zero-order valence-corrected chi connectivity index (χ0v) is 18.1. The highest BCUT2D eigenvalue weighted by Gasteiger charge is 2.34. The van der Waals surface area contributed by atoms with Crippen molar-refractivity contribution in [2.24, 2.45) is 11.8 Å². The molecule has 3 rings (SSSR count). The van der Waals surface area contributed by atoms with E-state index in [1.807, 2.05) is 19.9 Å². The third-order valence-electron chi connectivity index (χ3n) is 5.95. The molecule has 0 aromatic heterocycles. The molecule has 1 N–H and O–H groups in total. The Kier molecular flexibility index (Phi) is 6.63. The summed E-state index contributed by atoms with van der Waals surface area (Å²) in [5.41, 5.74) is 2.37. The first-order chi connectivity index (χ1) is 13.7. The average Bonchev–Trinajstić information content (AvgIpc) is 3.19. The van der Waals surface area contributed by atoms with E-state index in [4.69, 9.17) is 4.74 Å². The van der Waals surface area contributed by atoms with Gasteiger partial charge in [0.1, 0.15) is 6.04 Å². The van der Waals surface area contributed by atoms with E-state index in [0.29, 0.717) is 30.8 Å². The largest absolute Gasteiger partial charge is 0.467 e. The Morgan fingerprint density at radius 1 is 1.14 bits per heavy atom. The SMILES string of the molecule is COC(=O)C(NC(=O)C1CCN(S(=O)(=O)c2ccc3c(c2)CCC3)CC1)C(C)C. The monoisotopic (exact) mass is 422 g/mol. The van der Waals surface area contributed by atoms with Crippen LogP contribution in [0.2, 0.25) is 0 Å². The minimum atomic E-state index is -3.56. The number of amides is 1. The smallest absolute Gasteiger partial charge is 0.328 e. The molecule has 1 fully saturated rings. The van der Waals surface area contributed by atoms with Crippen LogP contribution in [0, 0.1) is 11.8 Å². The van der Waals surface area contributed by atoms with Crippen molar-refractivity contribution in [1.29, 1.82) is 0 Å². The summed E-state index contributed by atoms with van der Waals surface area (Å²) < 4.78 is 32.3. The van der Waals surface area contributed by atoms with E-state index < -0.39 is 22.0 Å². The van der Waals surface area contributed by atoms with Crippen molar-refractivity contribution in [3.05, 3.63) is 29.3 Å². The minimum absolute atomic E-state index is 0.0910. The maximum Gasteiger partial charge on any atom is 0.328 e. The fraction of sp³-hybridized carbons (Fsp3) is 0.619. The summed E-state index contributed by atoms with van der Waals surface area (Å²) in [5.74, 6) is -1.09. The predicted molar refractivity (Wildman–Crippen MR) is 109 cm³/mol. The molecule has 0 spiro atoms. The van der Waals surface area contributed by atoms with Gasteiger partial charge in [-0.15, -0.1) is 0 Å². The van der Waals surface area contributed by atoms with Crippen molar-refractivity contribution >= 4 is 21.9 Å². The van der Waals surface area contributed by atoms with E-state index in [0.717, 1.165) is 24.8 Å². The van der Waals surface area contributed by atoms with Gasteiger partial charge in [-0.05, 0) is 61.3 Å². The summed E-state index contributed by atoms with van der Waals surface area (Å²) in [5, 5.41) is 2.77. The highest BCUT2D eigenvalue weighted by Crippen LogP contribution is 2.28. The number of fused-ring (bicyclic) bond motifs is 1. The number of hydrogen-bond donors (Lipinski definition) is 1. The standard InChI is InChI=1S/C21H30N2O5S/c1-14(2)19(21(25)28-3)22-20(24)16-9-11-23(12-10-16)29(26,27)18-8-7-15-5-4-6-17(15)13-18/h7-8,13-14,16,19H,4-6,9-12H2,1-3H3,(H,22,24). The zero-order valence-electron chi connectivity index (χ0n) is 17.3. The molecule has 2 aliphatic rings. The number of rotatable bonds is 6. The third kappa shape index (κ3) is 4.64. The second kappa shape index (κ2) is 8.83. The lowest BCUT2D eigenvalue weighted by Gasteiger charge is -2.31. The normalized spacial score (nSPS) is 19.0. The predicted octanol–water partition coefficient (Wildman–Crippen LogP) is 1.89. The van der Waals surface area contributed by atoms with Crippen LogP contribution >= 0.6 is 0 Å². The number of nitrogens with one attached hydrogen (secondary N) is 1. The lowest BCUT2D eigenvalue weighted by atomic mass is 9.95. The summed E-state index contributed by atoms with van der Waals surface area (Å²) in [7, 11) is -2.26. The Hall–Kier alpha value is -1.93. The highest BCUT2D eigenvalue weighted by molar-refractivity contribution is 7.89. The molecule has 1 unspecified atom stereocenters. The van der Waals surface area contributed by atoms with Gasteiger partial charge in [-0.25, -0.2) is 13.2 Å². The zero-order chi connectivity index (χ0) is 21.2. The molecule has 1 atom stereocenters. The van der Waals surface area contributed by atoms with Crippen LogP contribution < -0.4 is 5.32 Å². The van der Waals surface area contributed by atoms with E-state index in [9.17, 15) is 18.0 Å². The fourth-order valence-electron chi connectivity index (χ4n) is 4.11. The van der Waals surface area contributed by atoms with Gasteiger partial charge in [0.2, 0.25) is 15.9 Å². The maximum atomic E-state index is 13.0. The van der Waals surface area contributed by atoms with Crippen LogP contribution in [0.25, 0.3) is 0 Å². The molecule has 1 aromatic rings. The summed E-state index contributed by atoms with van der Waals surface area (Å²) in [6.07, 6.45) is 3.88. The molecule has 0 radical (unpaired) electrons. The van der Waals surface area contributed by atoms with Gasteiger partial charge in [0.15, 0.2) is 0 Å². The molecule has 0 bridgehead atoms. The third-order valence-corrected chi connectivity index (χ3v) is 7.85. The van der Waals surface area contributed by atoms with Crippen LogP contribution in [-0.2, 0) is 37.2 Å². The number of benzene rings is 1. The van der Waals surface area contributed by atoms with E-state index in [1.54, 1.807) is 12.1 Å². The Morgan fingerprint density at radius 3 is 2.41 bits per heavy atom. The van der Waals surface area contributed by atoms with Gasteiger partial charge in [-0.1, -0.05) is 19.9 Å². The molecule has 1 heterocycles. The van der Waals surface area contributed by atoms with Gasteiger partial charge >= 0.3 is 5.97 Å². The first-order valence-corrected chi connectivity index (χ1v) is 11.7. The van der Waals surface area contributed by atoms with Gasteiger partial charge in [0, 0.05) is 19.0 Å². The van der Waals surface area contributed by atoms with Crippen molar-refractivity contribution in [2.75, 3.05) is 20.2 Å². The molecule has 8 heteroatoms. The fourth-order valence-corrected chi connectivity index (χ4v) is 5.63. The van der Waals surface area contributed by atoms with Gasteiger partial charge in [-0.2, -0.15) is 4.31 Å². The van der Waals surface area contributed by atoms with Gasteiger partial charge in [0.05, 0.1) is 12.0 Å². The van der Waals surface area contributed by atoms with Crippen molar-refractivity contribution in [1.82, 2.24) is 9.62 Å². The molecule has 160 valence electrons. The quantitative estimate of drug-likeness (QED) is 0.707. The van der Waals surface area contributed by atoms with Gasteiger partial charge in [0.25, 0.3) is 0 Å². The Balaban J connectivity index is 1.62. The van der Waals surface area contributed by atoms with Crippen LogP contribution in [0.4, 0.5) is 0 Å². The average molecular weight is 423 g/mol. The highest BCUT2D eigenvalue weighted by atomic mass is 32.2. The van der Waals surface area contributed by atoms with Crippen LogP contribution in [0.5, 0.6) is 0 Å². The van der Waals surface area contributed by atoms with Gasteiger partial charge < -0.3 is 10.1 Å².